The normalized spacial score (nSPS) is 12.1. The van der Waals surface area contributed by atoms with Gasteiger partial charge in [-0.2, -0.15) is 0 Å². The van der Waals surface area contributed by atoms with Gasteiger partial charge >= 0.3 is 5.97 Å². The van der Waals surface area contributed by atoms with E-state index >= 15 is 0 Å². The predicted octanol–water partition coefficient (Wildman–Crippen LogP) is 2.68. The number of aliphatic carboxylic acids is 1. The maximum Gasteiger partial charge on any atom is 0.323 e. The average Bonchev–Trinajstić information content (AvgIpc) is 2.38. The van der Waals surface area contributed by atoms with E-state index in [-0.39, 0.29) is 0 Å². The van der Waals surface area contributed by atoms with Gasteiger partial charge in [0.1, 0.15) is 5.54 Å². The summed E-state index contributed by atoms with van der Waals surface area (Å²) >= 11 is 0. The number of carbonyl (C=O) groups is 1. The van der Waals surface area contributed by atoms with Gasteiger partial charge in [0.05, 0.1) is 0 Å². The highest BCUT2D eigenvalue weighted by Gasteiger charge is 2.34. The number of carboxylic acids is 1. The van der Waals surface area contributed by atoms with Gasteiger partial charge in [0, 0.05) is 12.1 Å². The molecule has 0 spiro atoms. The van der Waals surface area contributed by atoms with Crippen LogP contribution in [0.5, 0.6) is 0 Å². The third-order valence-corrected chi connectivity index (χ3v) is 3.17. The summed E-state index contributed by atoms with van der Waals surface area (Å²) in [7, 11) is 1.20. The highest BCUT2D eigenvalue weighted by molar-refractivity contribution is 5.77. The molecule has 0 unspecified atom stereocenters. The summed E-state index contributed by atoms with van der Waals surface area (Å²) < 4.78 is 65.8. The van der Waals surface area contributed by atoms with Gasteiger partial charge in [-0.3, -0.25) is 9.69 Å². The van der Waals surface area contributed by atoms with Crippen LogP contribution in [0.1, 0.15) is 19.4 Å². The molecule has 1 aromatic carbocycles. The van der Waals surface area contributed by atoms with Gasteiger partial charge in [0.25, 0.3) is 0 Å². The Hall–Kier alpha value is -1.70. The number of benzene rings is 1. The van der Waals surface area contributed by atoms with Crippen molar-refractivity contribution in [2.24, 2.45) is 0 Å². The van der Waals surface area contributed by atoms with E-state index in [2.05, 4.69) is 0 Å². The molecule has 0 amide bonds. The first-order chi connectivity index (χ1) is 9.01. The van der Waals surface area contributed by atoms with Crippen molar-refractivity contribution in [2.75, 3.05) is 7.05 Å². The van der Waals surface area contributed by atoms with E-state index in [1.165, 1.54) is 20.9 Å². The second kappa shape index (κ2) is 5.35. The third-order valence-electron chi connectivity index (χ3n) is 3.17. The molecule has 0 atom stereocenters. The Morgan fingerprint density at radius 1 is 1.00 bits per heavy atom. The van der Waals surface area contributed by atoms with Crippen molar-refractivity contribution in [3.63, 3.8) is 0 Å². The van der Waals surface area contributed by atoms with E-state index in [1.807, 2.05) is 0 Å². The minimum absolute atomic E-state index is 0.745. The van der Waals surface area contributed by atoms with E-state index in [0.29, 0.717) is 0 Å². The zero-order valence-electron chi connectivity index (χ0n) is 10.9. The molecule has 0 saturated carbocycles. The second-order valence-corrected chi connectivity index (χ2v) is 4.77. The molecule has 0 aliphatic rings. The fourth-order valence-electron chi connectivity index (χ4n) is 1.39. The molecule has 1 N–H and O–H groups in total. The Labute approximate surface area is 111 Å². The number of hydrogen-bond donors (Lipinski definition) is 1. The van der Waals surface area contributed by atoms with E-state index in [0.717, 1.165) is 4.90 Å². The van der Waals surface area contributed by atoms with Gasteiger partial charge < -0.3 is 5.11 Å². The van der Waals surface area contributed by atoms with E-state index in [4.69, 9.17) is 5.11 Å². The minimum atomic E-state index is -2.25. The van der Waals surface area contributed by atoms with E-state index < -0.39 is 52.7 Å². The van der Waals surface area contributed by atoms with Crippen LogP contribution in [0.3, 0.4) is 0 Å². The molecule has 0 fully saturated rings. The lowest BCUT2D eigenvalue weighted by molar-refractivity contribution is -0.148. The predicted molar refractivity (Wildman–Crippen MR) is 59.4 cm³/mol. The molecule has 1 rings (SSSR count). The molecule has 0 aliphatic carbocycles. The van der Waals surface area contributed by atoms with Crippen molar-refractivity contribution in [3.8, 4) is 0 Å². The molecular formula is C12H12F5NO2. The van der Waals surface area contributed by atoms with E-state index in [1.54, 1.807) is 0 Å². The Morgan fingerprint density at radius 3 is 1.70 bits per heavy atom. The smallest absolute Gasteiger partial charge is 0.323 e. The Kier molecular flexibility index (Phi) is 4.38. The van der Waals surface area contributed by atoms with Gasteiger partial charge in [-0.1, -0.05) is 0 Å². The highest BCUT2D eigenvalue weighted by atomic mass is 19.2. The molecule has 112 valence electrons. The standard InChI is InChI=1S/C12H12F5NO2/c1-12(2,11(19)20)18(3)4-5-6(13)8(15)10(17)9(16)7(5)14/h4H2,1-3H3,(H,19,20). The van der Waals surface area contributed by atoms with Gasteiger partial charge in [0.2, 0.25) is 5.82 Å². The number of halogens is 5. The first kappa shape index (κ1) is 16.4. The molecule has 0 saturated heterocycles. The average molecular weight is 297 g/mol. The second-order valence-electron chi connectivity index (χ2n) is 4.77. The fourth-order valence-corrected chi connectivity index (χ4v) is 1.39. The lowest BCUT2D eigenvalue weighted by Gasteiger charge is -2.31. The van der Waals surface area contributed by atoms with Crippen LogP contribution in [0.4, 0.5) is 22.0 Å². The first-order valence-corrected chi connectivity index (χ1v) is 5.46. The van der Waals surface area contributed by atoms with Crippen LogP contribution < -0.4 is 0 Å². The van der Waals surface area contributed by atoms with Crippen molar-refractivity contribution in [2.45, 2.75) is 25.9 Å². The number of likely N-dealkylation sites (N-methyl/N-ethyl adjacent to an activating group) is 1. The number of rotatable bonds is 4. The molecule has 20 heavy (non-hydrogen) atoms. The largest absolute Gasteiger partial charge is 0.480 e. The van der Waals surface area contributed by atoms with Crippen molar-refractivity contribution < 1.29 is 31.9 Å². The van der Waals surface area contributed by atoms with Crippen LogP contribution in [0, 0.1) is 29.1 Å². The summed E-state index contributed by atoms with van der Waals surface area (Å²) in [6.45, 7) is 1.73. The van der Waals surface area contributed by atoms with Crippen LogP contribution in [0.15, 0.2) is 0 Å². The van der Waals surface area contributed by atoms with Gasteiger partial charge in [-0.05, 0) is 20.9 Å². The lowest BCUT2D eigenvalue weighted by Crippen LogP contribution is -2.47. The molecular weight excluding hydrogens is 285 g/mol. The summed E-state index contributed by atoms with van der Waals surface area (Å²) in [5, 5.41) is 8.94. The quantitative estimate of drug-likeness (QED) is 0.528. The van der Waals surface area contributed by atoms with Crippen molar-refractivity contribution >= 4 is 5.97 Å². The fraction of sp³-hybridized carbons (Fsp3) is 0.417. The van der Waals surface area contributed by atoms with Gasteiger partial charge in [-0.15, -0.1) is 0 Å². The Morgan fingerprint density at radius 2 is 1.35 bits per heavy atom. The number of carboxylic acid groups (broad SMARTS) is 1. The molecule has 0 bridgehead atoms. The molecule has 0 aliphatic heterocycles. The van der Waals surface area contributed by atoms with Gasteiger partial charge in [-0.25, -0.2) is 22.0 Å². The van der Waals surface area contributed by atoms with Crippen LogP contribution in [0.25, 0.3) is 0 Å². The molecule has 1 aromatic rings. The summed E-state index contributed by atoms with van der Waals surface area (Å²) in [5.41, 5.74) is -2.61. The monoisotopic (exact) mass is 297 g/mol. The Balaban J connectivity index is 3.27. The topological polar surface area (TPSA) is 40.5 Å². The summed E-state index contributed by atoms with van der Waals surface area (Å²) in [6.07, 6.45) is 0. The maximum absolute atomic E-state index is 13.5. The molecule has 0 aromatic heterocycles. The molecule has 0 heterocycles. The zero-order chi connectivity index (χ0) is 15.8. The van der Waals surface area contributed by atoms with Crippen LogP contribution in [0.2, 0.25) is 0 Å². The molecule has 8 heteroatoms. The SMILES string of the molecule is CN(Cc1c(F)c(F)c(F)c(F)c1F)C(C)(C)C(=O)O. The molecule has 0 radical (unpaired) electrons. The summed E-state index contributed by atoms with van der Waals surface area (Å²) in [6, 6.07) is 0. The number of nitrogens with zero attached hydrogens (tertiary/aromatic N) is 1. The number of hydrogen-bond acceptors (Lipinski definition) is 2. The first-order valence-electron chi connectivity index (χ1n) is 5.46. The van der Waals surface area contributed by atoms with Crippen LogP contribution in [-0.2, 0) is 11.3 Å². The minimum Gasteiger partial charge on any atom is -0.480 e. The van der Waals surface area contributed by atoms with Crippen molar-refractivity contribution in [1.29, 1.82) is 0 Å². The van der Waals surface area contributed by atoms with Crippen LogP contribution in [-0.4, -0.2) is 28.6 Å². The molecule has 3 nitrogen and oxygen atoms in total. The van der Waals surface area contributed by atoms with Gasteiger partial charge in [0.15, 0.2) is 23.3 Å². The lowest BCUT2D eigenvalue weighted by atomic mass is 10.0. The third kappa shape index (κ3) is 2.60. The summed E-state index contributed by atoms with van der Waals surface area (Å²) in [5.74, 6) is -11.6. The summed E-state index contributed by atoms with van der Waals surface area (Å²) in [4.78, 5) is 11.9. The highest BCUT2D eigenvalue weighted by Crippen LogP contribution is 2.26. The van der Waals surface area contributed by atoms with Crippen molar-refractivity contribution in [3.05, 3.63) is 34.6 Å². The zero-order valence-corrected chi connectivity index (χ0v) is 10.9. The Bertz CT molecular complexity index is 530. The maximum atomic E-state index is 13.5. The van der Waals surface area contributed by atoms with E-state index in [9.17, 15) is 26.7 Å². The van der Waals surface area contributed by atoms with Crippen LogP contribution >= 0.6 is 0 Å². The van der Waals surface area contributed by atoms with Crippen molar-refractivity contribution in [1.82, 2.24) is 4.90 Å².